The fourth-order valence-corrected chi connectivity index (χ4v) is 3.21. The lowest BCUT2D eigenvalue weighted by molar-refractivity contribution is 0.304. The summed E-state index contributed by atoms with van der Waals surface area (Å²) >= 11 is 1.69. The molecule has 0 fully saturated rings. The van der Waals surface area contributed by atoms with Gasteiger partial charge in [0, 0.05) is 38.9 Å². The Kier molecular flexibility index (Phi) is 5.12. The van der Waals surface area contributed by atoms with Crippen LogP contribution in [0.15, 0.2) is 42.0 Å². The lowest BCUT2D eigenvalue weighted by atomic mass is 10.2. The third kappa shape index (κ3) is 3.74. The van der Waals surface area contributed by atoms with Crippen molar-refractivity contribution in [2.75, 3.05) is 30.4 Å². The topological polar surface area (TPSA) is 66.2 Å². The highest BCUT2D eigenvalue weighted by molar-refractivity contribution is 7.13. The minimum absolute atomic E-state index is 0.128. The highest BCUT2D eigenvalue weighted by Gasteiger charge is 2.11. The second-order valence-corrected chi connectivity index (χ2v) is 6.50. The van der Waals surface area contributed by atoms with Gasteiger partial charge in [-0.15, -0.1) is 11.3 Å². The Balaban J connectivity index is 1.68. The molecule has 0 saturated heterocycles. The maximum absolute atomic E-state index is 8.99. The number of likely N-dealkylation sites (N-methyl/N-ethyl adjacent to an activating group) is 1. The van der Waals surface area contributed by atoms with Gasteiger partial charge in [-0.3, -0.25) is 4.68 Å². The van der Waals surface area contributed by atoms with Crippen LogP contribution in [-0.2, 0) is 13.6 Å². The summed E-state index contributed by atoms with van der Waals surface area (Å²) in [7, 11) is 3.87. The van der Waals surface area contributed by atoms with Crippen LogP contribution in [0.5, 0.6) is 0 Å². The molecule has 3 rings (SSSR count). The van der Waals surface area contributed by atoms with Gasteiger partial charge in [0.2, 0.25) is 0 Å². The fraction of sp³-hybridized carbons (Fsp3) is 0.294. The summed E-state index contributed by atoms with van der Waals surface area (Å²) in [5.74, 6) is 0.817. The Hall–Kier alpha value is -2.38. The molecule has 0 aliphatic heterocycles. The molecule has 6 nitrogen and oxygen atoms in total. The average molecular weight is 343 g/mol. The van der Waals surface area contributed by atoms with Gasteiger partial charge < -0.3 is 15.3 Å². The van der Waals surface area contributed by atoms with Crippen molar-refractivity contribution >= 4 is 22.8 Å². The molecular weight excluding hydrogens is 322 g/mol. The number of nitrogens with one attached hydrogen (secondary N) is 1. The number of hydrogen-bond acceptors (Lipinski definition) is 6. The summed E-state index contributed by atoms with van der Waals surface area (Å²) < 4.78 is 1.84. The number of aromatic nitrogens is 3. The summed E-state index contributed by atoms with van der Waals surface area (Å²) in [5, 5.41) is 19.0. The highest BCUT2D eigenvalue weighted by atomic mass is 32.1. The first-order valence-corrected chi connectivity index (χ1v) is 8.63. The van der Waals surface area contributed by atoms with E-state index in [2.05, 4.69) is 26.8 Å². The Bertz CT molecular complexity index is 767. The molecule has 0 spiro atoms. The molecule has 7 heteroatoms. The summed E-state index contributed by atoms with van der Waals surface area (Å²) in [5.41, 5.74) is 3.14. The van der Waals surface area contributed by atoms with Crippen LogP contribution in [0, 0.1) is 0 Å². The van der Waals surface area contributed by atoms with E-state index in [1.807, 2.05) is 48.1 Å². The van der Waals surface area contributed by atoms with Crippen LogP contribution >= 0.6 is 11.3 Å². The monoisotopic (exact) mass is 343 g/mol. The molecule has 3 aromatic heterocycles. The van der Waals surface area contributed by atoms with Gasteiger partial charge in [0.15, 0.2) is 0 Å². The van der Waals surface area contributed by atoms with E-state index < -0.39 is 0 Å². The maximum atomic E-state index is 8.99. The molecule has 24 heavy (non-hydrogen) atoms. The van der Waals surface area contributed by atoms with Gasteiger partial charge >= 0.3 is 0 Å². The molecule has 3 heterocycles. The second-order valence-electron chi connectivity index (χ2n) is 5.55. The lowest BCUT2D eigenvalue weighted by Crippen LogP contribution is -2.21. The molecule has 0 unspecified atom stereocenters. The first-order chi connectivity index (χ1) is 11.7. The predicted octanol–water partition coefficient (Wildman–Crippen LogP) is 2.58. The van der Waals surface area contributed by atoms with Gasteiger partial charge in [-0.05, 0) is 23.6 Å². The molecule has 0 aliphatic rings. The van der Waals surface area contributed by atoms with Gasteiger partial charge in [0.25, 0.3) is 0 Å². The predicted molar refractivity (Wildman–Crippen MR) is 98.4 cm³/mol. The standard InChI is InChI=1S/C17H21N5OS/c1-21(7-8-23)14-5-6-16(19-11-14)18-10-13-12-22(2)20-17(13)15-4-3-9-24-15/h3-6,9,11-12,23H,7-8,10H2,1-2H3,(H,18,19). The van der Waals surface area contributed by atoms with Crippen molar-refractivity contribution in [1.82, 2.24) is 14.8 Å². The quantitative estimate of drug-likeness (QED) is 0.690. The second kappa shape index (κ2) is 7.46. The maximum Gasteiger partial charge on any atom is 0.126 e. The largest absolute Gasteiger partial charge is 0.395 e. The first-order valence-electron chi connectivity index (χ1n) is 7.75. The number of aliphatic hydroxyl groups is 1. The number of aliphatic hydroxyl groups excluding tert-OH is 1. The fourth-order valence-electron chi connectivity index (χ4n) is 2.47. The molecule has 0 aromatic carbocycles. The zero-order valence-electron chi connectivity index (χ0n) is 13.8. The molecule has 3 aromatic rings. The molecule has 0 aliphatic carbocycles. The van der Waals surface area contributed by atoms with Gasteiger partial charge in [-0.2, -0.15) is 5.10 Å². The molecule has 0 bridgehead atoms. The highest BCUT2D eigenvalue weighted by Crippen LogP contribution is 2.27. The van der Waals surface area contributed by atoms with Crippen LogP contribution < -0.4 is 10.2 Å². The van der Waals surface area contributed by atoms with Crippen molar-refractivity contribution in [3.05, 3.63) is 47.6 Å². The van der Waals surface area contributed by atoms with E-state index in [0.717, 1.165) is 22.8 Å². The van der Waals surface area contributed by atoms with E-state index in [0.29, 0.717) is 13.1 Å². The third-order valence-corrected chi connectivity index (χ3v) is 4.62. The van der Waals surface area contributed by atoms with Gasteiger partial charge in [-0.1, -0.05) is 6.07 Å². The molecule has 0 radical (unpaired) electrons. The summed E-state index contributed by atoms with van der Waals surface area (Å²) in [6.45, 7) is 1.39. The van der Waals surface area contributed by atoms with Crippen LogP contribution in [0.2, 0.25) is 0 Å². The Labute approximate surface area is 145 Å². The van der Waals surface area contributed by atoms with E-state index in [1.54, 1.807) is 17.5 Å². The minimum Gasteiger partial charge on any atom is -0.395 e. The minimum atomic E-state index is 0.128. The normalized spacial score (nSPS) is 10.8. The number of hydrogen-bond donors (Lipinski definition) is 2. The number of thiophene rings is 1. The van der Waals surface area contributed by atoms with E-state index >= 15 is 0 Å². The number of nitrogens with zero attached hydrogens (tertiary/aromatic N) is 4. The molecule has 0 saturated carbocycles. The van der Waals surface area contributed by atoms with Crippen molar-refractivity contribution in [2.24, 2.45) is 7.05 Å². The Morgan fingerprint density at radius 2 is 2.21 bits per heavy atom. The number of aryl methyl sites for hydroxylation is 1. The SMILES string of the molecule is CN(CCO)c1ccc(NCc2cn(C)nc2-c2cccs2)nc1. The summed E-state index contributed by atoms with van der Waals surface area (Å²) in [4.78, 5) is 7.57. The van der Waals surface area contributed by atoms with E-state index in [1.165, 1.54) is 4.88 Å². The Morgan fingerprint density at radius 1 is 1.33 bits per heavy atom. The lowest BCUT2D eigenvalue weighted by Gasteiger charge is -2.17. The van der Waals surface area contributed by atoms with Gasteiger partial charge in [0.1, 0.15) is 11.5 Å². The molecular formula is C17H21N5OS. The van der Waals surface area contributed by atoms with Crippen molar-refractivity contribution < 1.29 is 5.11 Å². The summed E-state index contributed by atoms with van der Waals surface area (Å²) in [6.07, 6.45) is 3.84. The first kappa shape index (κ1) is 16.5. The molecule has 126 valence electrons. The molecule has 0 amide bonds. The van der Waals surface area contributed by atoms with Gasteiger partial charge in [0.05, 0.1) is 23.4 Å². The number of anilines is 2. The van der Waals surface area contributed by atoms with Crippen LogP contribution in [0.3, 0.4) is 0 Å². The number of rotatable bonds is 7. The van der Waals surface area contributed by atoms with E-state index in [9.17, 15) is 0 Å². The van der Waals surface area contributed by atoms with Crippen LogP contribution in [0.25, 0.3) is 10.6 Å². The van der Waals surface area contributed by atoms with Crippen molar-refractivity contribution in [3.8, 4) is 10.6 Å². The zero-order valence-corrected chi connectivity index (χ0v) is 14.6. The smallest absolute Gasteiger partial charge is 0.126 e. The van der Waals surface area contributed by atoms with Crippen molar-refractivity contribution in [1.29, 1.82) is 0 Å². The molecule has 0 atom stereocenters. The van der Waals surface area contributed by atoms with Crippen molar-refractivity contribution in [3.63, 3.8) is 0 Å². The van der Waals surface area contributed by atoms with E-state index in [-0.39, 0.29) is 6.61 Å². The van der Waals surface area contributed by atoms with Crippen LogP contribution in [-0.4, -0.2) is 40.1 Å². The number of pyridine rings is 1. The third-order valence-electron chi connectivity index (χ3n) is 3.74. The summed E-state index contributed by atoms with van der Waals surface area (Å²) in [6, 6.07) is 8.06. The van der Waals surface area contributed by atoms with Crippen molar-refractivity contribution in [2.45, 2.75) is 6.54 Å². The van der Waals surface area contributed by atoms with E-state index in [4.69, 9.17) is 5.11 Å². The van der Waals surface area contributed by atoms with Crippen LogP contribution in [0.1, 0.15) is 5.56 Å². The average Bonchev–Trinajstić information content (AvgIpc) is 3.23. The van der Waals surface area contributed by atoms with Crippen LogP contribution in [0.4, 0.5) is 11.5 Å². The Morgan fingerprint density at radius 3 is 2.88 bits per heavy atom. The molecule has 2 N–H and O–H groups in total. The van der Waals surface area contributed by atoms with Gasteiger partial charge in [-0.25, -0.2) is 4.98 Å². The zero-order chi connectivity index (χ0) is 16.9.